The van der Waals surface area contributed by atoms with Crippen molar-refractivity contribution in [1.29, 1.82) is 0 Å². The van der Waals surface area contributed by atoms with E-state index in [2.05, 4.69) is 15.3 Å². The van der Waals surface area contributed by atoms with E-state index in [0.717, 1.165) is 11.6 Å². The van der Waals surface area contributed by atoms with Gasteiger partial charge in [-0.3, -0.25) is 0 Å². The highest BCUT2D eigenvalue weighted by Gasteiger charge is 2.39. The van der Waals surface area contributed by atoms with E-state index in [-0.39, 0.29) is 10.8 Å². The van der Waals surface area contributed by atoms with Crippen LogP contribution in [0.15, 0.2) is 24.3 Å². The van der Waals surface area contributed by atoms with Gasteiger partial charge in [-0.25, -0.2) is 23.1 Å². The molecule has 1 atom stereocenters. The van der Waals surface area contributed by atoms with Crippen LogP contribution < -0.4 is 10.1 Å². The number of aromatic nitrogens is 2. The summed E-state index contributed by atoms with van der Waals surface area (Å²) in [6, 6.07) is 4.93. The van der Waals surface area contributed by atoms with E-state index >= 15 is 0 Å². The molecule has 1 aliphatic carbocycles. The zero-order valence-corrected chi connectivity index (χ0v) is 19.7. The van der Waals surface area contributed by atoms with Gasteiger partial charge in [0.1, 0.15) is 17.4 Å². The summed E-state index contributed by atoms with van der Waals surface area (Å²) < 4.78 is 47.1. The molecule has 6 nitrogen and oxygen atoms in total. The van der Waals surface area contributed by atoms with Crippen molar-refractivity contribution < 1.29 is 28.1 Å². The topological polar surface area (TPSA) is 87.5 Å². The molecule has 2 heterocycles. The predicted octanol–water partition coefficient (Wildman–Crippen LogP) is 5.59. The molecule has 1 fully saturated rings. The number of aliphatic hydroxyl groups is 2. The summed E-state index contributed by atoms with van der Waals surface area (Å²) in [4.78, 5) is 8.71. The van der Waals surface area contributed by atoms with Crippen LogP contribution in [0.25, 0.3) is 10.9 Å². The molecule has 3 aromatic rings. The Bertz CT molecular complexity index is 1280. The molecule has 1 saturated carbocycles. The Morgan fingerprint density at radius 3 is 2.63 bits per heavy atom. The molecule has 3 N–H and O–H groups in total. The number of anilines is 1. The molecule has 10 heteroatoms. The van der Waals surface area contributed by atoms with Crippen molar-refractivity contribution >= 4 is 28.3 Å². The highest BCUT2D eigenvalue weighted by molar-refractivity contribution is 6.29. The summed E-state index contributed by atoms with van der Waals surface area (Å²) >= 11 is 6.23. The first-order valence-corrected chi connectivity index (χ1v) is 12.0. The van der Waals surface area contributed by atoms with Crippen molar-refractivity contribution in [2.75, 3.05) is 11.9 Å². The number of nitrogens with one attached hydrogen (secondary N) is 1. The first-order chi connectivity index (χ1) is 16.7. The Morgan fingerprint density at radius 2 is 1.91 bits per heavy atom. The van der Waals surface area contributed by atoms with Gasteiger partial charge >= 0.3 is 0 Å². The maximum absolute atomic E-state index is 14.8. The minimum atomic E-state index is -2.93. The summed E-state index contributed by atoms with van der Waals surface area (Å²) in [5.74, 6) is -0.109. The number of fused-ring (bicyclic) bond motifs is 3. The van der Waals surface area contributed by atoms with Crippen molar-refractivity contribution in [3.05, 3.63) is 57.6 Å². The third-order valence-corrected chi connectivity index (χ3v) is 7.18. The number of halogens is 4. The SMILES string of the molecule is C[C@@H](Nc1nc(Cl)nc2c3c(c([C@]4(O)CC[C@H](O)CC4)cc12)OCC3)c1cccc(C(F)F)c1F. The largest absolute Gasteiger partial charge is 0.492 e. The Morgan fingerprint density at radius 1 is 1.20 bits per heavy atom. The summed E-state index contributed by atoms with van der Waals surface area (Å²) in [6.45, 7) is 2.07. The lowest BCUT2D eigenvalue weighted by atomic mass is 9.77. The van der Waals surface area contributed by atoms with Crippen LogP contribution >= 0.6 is 11.6 Å². The van der Waals surface area contributed by atoms with E-state index in [4.69, 9.17) is 16.3 Å². The normalized spacial score (nSPS) is 22.8. The van der Waals surface area contributed by atoms with Crippen LogP contribution in [0.3, 0.4) is 0 Å². The van der Waals surface area contributed by atoms with Crippen molar-refractivity contribution in [2.45, 2.75) is 63.2 Å². The van der Waals surface area contributed by atoms with E-state index < -0.39 is 35.6 Å². The van der Waals surface area contributed by atoms with E-state index in [9.17, 15) is 23.4 Å². The molecule has 186 valence electrons. The molecule has 0 bridgehead atoms. The summed E-state index contributed by atoms with van der Waals surface area (Å²) in [6.07, 6.45) is -1.17. The lowest BCUT2D eigenvalue weighted by molar-refractivity contribution is -0.0373. The molecule has 0 spiro atoms. The second-order valence-corrected chi connectivity index (χ2v) is 9.59. The van der Waals surface area contributed by atoms with Gasteiger partial charge in [-0.05, 0) is 50.3 Å². The summed E-state index contributed by atoms with van der Waals surface area (Å²) in [5.41, 5.74) is 0.148. The fraction of sp³-hybridized carbons (Fsp3) is 0.440. The van der Waals surface area contributed by atoms with Crippen molar-refractivity contribution in [1.82, 2.24) is 9.97 Å². The van der Waals surface area contributed by atoms with Gasteiger partial charge in [0, 0.05) is 28.5 Å². The van der Waals surface area contributed by atoms with Crippen molar-refractivity contribution in [3.8, 4) is 5.75 Å². The average Bonchev–Trinajstić information content (AvgIpc) is 3.31. The summed E-state index contributed by atoms with van der Waals surface area (Å²) in [5, 5.41) is 25.1. The van der Waals surface area contributed by atoms with Crippen molar-refractivity contribution in [3.63, 3.8) is 0 Å². The molecule has 0 saturated heterocycles. The van der Waals surface area contributed by atoms with Gasteiger partial charge in [0.15, 0.2) is 0 Å². The van der Waals surface area contributed by atoms with E-state index in [1.165, 1.54) is 12.1 Å². The highest BCUT2D eigenvalue weighted by atomic mass is 35.5. The third-order valence-electron chi connectivity index (χ3n) is 7.01. The first-order valence-electron chi connectivity index (χ1n) is 11.6. The Labute approximate surface area is 205 Å². The quantitative estimate of drug-likeness (QED) is 0.390. The van der Waals surface area contributed by atoms with Crippen LogP contribution in [0.1, 0.15) is 67.3 Å². The molecular weight excluding hydrogens is 483 g/mol. The number of aliphatic hydroxyl groups excluding tert-OH is 1. The van der Waals surface area contributed by atoms with E-state index in [1.54, 1.807) is 13.0 Å². The van der Waals surface area contributed by atoms with Crippen LogP contribution in [0.4, 0.5) is 19.0 Å². The van der Waals surface area contributed by atoms with Crippen LogP contribution in [0.5, 0.6) is 5.75 Å². The smallest absolute Gasteiger partial charge is 0.266 e. The number of hydrogen-bond acceptors (Lipinski definition) is 6. The van der Waals surface area contributed by atoms with E-state index in [1.807, 2.05) is 0 Å². The van der Waals surface area contributed by atoms with Crippen LogP contribution in [-0.2, 0) is 12.0 Å². The Balaban J connectivity index is 1.61. The Hall–Kier alpha value is -2.62. The fourth-order valence-electron chi connectivity index (χ4n) is 5.10. The number of alkyl halides is 2. The number of nitrogens with zero attached hydrogens (tertiary/aromatic N) is 2. The molecule has 5 rings (SSSR count). The number of ether oxygens (including phenoxy) is 1. The lowest BCUT2D eigenvalue weighted by Crippen LogP contribution is -2.33. The number of hydrogen-bond donors (Lipinski definition) is 3. The van der Waals surface area contributed by atoms with Gasteiger partial charge < -0.3 is 20.3 Å². The number of benzene rings is 2. The first kappa shape index (κ1) is 24.1. The summed E-state index contributed by atoms with van der Waals surface area (Å²) in [7, 11) is 0. The second kappa shape index (κ2) is 9.11. The molecule has 0 amide bonds. The molecule has 1 aromatic heterocycles. The second-order valence-electron chi connectivity index (χ2n) is 9.25. The fourth-order valence-corrected chi connectivity index (χ4v) is 5.27. The molecule has 35 heavy (non-hydrogen) atoms. The zero-order valence-electron chi connectivity index (χ0n) is 19.0. The standard InChI is InChI=1S/C25H25ClF3N3O3/c1-12(14-3-2-4-15(19(14)27)22(28)29)30-23-17-11-18(25(34)8-5-13(33)6-9-25)21-16(7-10-35-21)20(17)31-24(26)32-23/h2-4,11-13,22,33-34H,5-10H2,1H3,(H,30,31,32)/t12-,13-,25-/m1/s1. The van der Waals surface area contributed by atoms with Gasteiger partial charge in [-0.15, -0.1) is 0 Å². The van der Waals surface area contributed by atoms with Gasteiger partial charge in [-0.1, -0.05) is 18.2 Å². The minimum absolute atomic E-state index is 0.0321. The molecule has 0 unspecified atom stereocenters. The predicted molar refractivity (Wildman–Crippen MR) is 126 cm³/mol. The zero-order chi connectivity index (χ0) is 24.9. The van der Waals surface area contributed by atoms with E-state index in [0.29, 0.717) is 66.7 Å². The molecular formula is C25H25ClF3N3O3. The van der Waals surface area contributed by atoms with Gasteiger partial charge in [0.05, 0.1) is 35.4 Å². The van der Waals surface area contributed by atoms with Crippen LogP contribution in [-0.4, -0.2) is 32.9 Å². The third kappa shape index (κ3) is 4.30. The maximum atomic E-state index is 14.8. The minimum Gasteiger partial charge on any atom is -0.492 e. The maximum Gasteiger partial charge on any atom is 0.266 e. The molecule has 0 radical (unpaired) electrons. The molecule has 2 aliphatic rings. The molecule has 1 aliphatic heterocycles. The van der Waals surface area contributed by atoms with Gasteiger partial charge in [0.2, 0.25) is 5.28 Å². The Kier molecular flexibility index (Phi) is 6.27. The van der Waals surface area contributed by atoms with Gasteiger partial charge in [-0.2, -0.15) is 0 Å². The van der Waals surface area contributed by atoms with Crippen LogP contribution in [0.2, 0.25) is 5.28 Å². The van der Waals surface area contributed by atoms with Gasteiger partial charge in [0.25, 0.3) is 6.43 Å². The molecule has 2 aromatic carbocycles. The van der Waals surface area contributed by atoms with Crippen molar-refractivity contribution in [2.24, 2.45) is 0 Å². The van der Waals surface area contributed by atoms with Crippen LogP contribution in [0, 0.1) is 5.82 Å². The monoisotopic (exact) mass is 507 g/mol. The lowest BCUT2D eigenvalue weighted by Gasteiger charge is -2.35. The average molecular weight is 508 g/mol. The number of rotatable bonds is 5. The highest BCUT2D eigenvalue weighted by Crippen LogP contribution is 2.47.